The minimum absolute atomic E-state index is 0.410. The van der Waals surface area contributed by atoms with Crippen molar-refractivity contribution in [1.29, 1.82) is 0 Å². The zero-order chi connectivity index (χ0) is 16.4. The van der Waals surface area contributed by atoms with Gasteiger partial charge in [0.1, 0.15) is 18.5 Å². The van der Waals surface area contributed by atoms with Gasteiger partial charge in [-0.15, -0.1) is 11.3 Å². The van der Waals surface area contributed by atoms with E-state index in [2.05, 4.69) is 34.6 Å². The highest BCUT2D eigenvalue weighted by Crippen LogP contribution is 2.38. The van der Waals surface area contributed by atoms with Crippen LogP contribution in [-0.2, 0) is 0 Å². The highest BCUT2D eigenvalue weighted by Gasteiger charge is 2.19. The average molecular weight is 389 g/mol. The summed E-state index contributed by atoms with van der Waals surface area (Å²) in [6.07, 6.45) is 0.983. The van der Waals surface area contributed by atoms with Crippen LogP contribution in [0.25, 0.3) is 10.1 Å². The summed E-state index contributed by atoms with van der Waals surface area (Å²) in [6.45, 7) is 6.09. The van der Waals surface area contributed by atoms with Gasteiger partial charge in [-0.05, 0) is 42.1 Å². The third kappa shape index (κ3) is 3.34. The van der Waals surface area contributed by atoms with E-state index in [9.17, 15) is 5.11 Å². The fraction of sp³-hybridized carbons (Fsp3) is 0.158. The smallest absolute Gasteiger partial charge is 0.126 e. The Bertz CT molecular complexity index is 821. The molecule has 1 aromatic heterocycles. The van der Waals surface area contributed by atoms with Crippen LogP contribution in [0.2, 0.25) is 0 Å². The van der Waals surface area contributed by atoms with E-state index < -0.39 is 6.10 Å². The number of rotatable bonds is 5. The predicted molar refractivity (Wildman–Crippen MR) is 100 cm³/mol. The molecule has 3 rings (SSSR count). The lowest BCUT2D eigenvalue weighted by Crippen LogP contribution is -2.04. The lowest BCUT2D eigenvalue weighted by atomic mass is 10.0. The minimum atomic E-state index is -0.718. The lowest BCUT2D eigenvalue weighted by Gasteiger charge is -2.16. The first kappa shape index (κ1) is 16.2. The zero-order valence-corrected chi connectivity index (χ0v) is 15.2. The Hall–Kier alpha value is -1.62. The molecule has 1 heterocycles. The molecule has 1 N–H and O–H groups in total. The van der Waals surface area contributed by atoms with Gasteiger partial charge in [0.25, 0.3) is 0 Å². The van der Waals surface area contributed by atoms with Crippen LogP contribution in [0.15, 0.2) is 59.6 Å². The molecule has 0 spiro atoms. The van der Waals surface area contributed by atoms with Crippen molar-refractivity contribution in [2.45, 2.75) is 13.0 Å². The third-order valence-electron chi connectivity index (χ3n) is 3.66. The molecule has 0 radical (unpaired) electrons. The Morgan fingerprint density at radius 1 is 1.30 bits per heavy atom. The second-order valence-corrected chi connectivity index (χ2v) is 7.30. The molecule has 2 nitrogen and oxygen atoms in total. The Morgan fingerprint density at radius 2 is 2.09 bits per heavy atom. The van der Waals surface area contributed by atoms with E-state index in [0.717, 1.165) is 25.9 Å². The molecular formula is C19H17BrO2S. The zero-order valence-electron chi connectivity index (χ0n) is 12.8. The van der Waals surface area contributed by atoms with Gasteiger partial charge in [0.05, 0.1) is 0 Å². The molecule has 0 fully saturated rings. The summed E-state index contributed by atoms with van der Waals surface area (Å²) in [5, 5.41) is 12.0. The summed E-state index contributed by atoms with van der Waals surface area (Å²) < 4.78 is 7.87. The summed E-state index contributed by atoms with van der Waals surface area (Å²) in [7, 11) is 0. The fourth-order valence-electron chi connectivity index (χ4n) is 2.45. The highest BCUT2D eigenvalue weighted by atomic mass is 79.9. The van der Waals surface area contributed by atoms with Crippen molar-refractivity contribution in [1.82, 2.24) is 0 Å². The van der Waals surface area contributed by atoms with Crippen molar-refractivity contribution in [3.63, 3.8) is 0 Å². The number of aliphatic hydroxyl groups excluding tert-OH is 1. The van der Waals surface area contributed by atoms with Gasteiger partial charge in [-0.1, -0.05) is 46.8 Å². The van der Waals surface area contributed by atoms with Gasteiger partial charge in [-0.2, -0.15) is 0 Å². The van der Waals surface area contributed by atoms with Crippen LogP contribution in [0.5, 0.6) is 5.75 Å². The third-order valence-corrected chi connectivity index (χ3v) is 5.68. The van der Waals surface area contributed by atoms with E-state index >= 15 is 0 Å². The highest BCUT2D eigenvalue weighted by molar-refractivity contribution is 9.10. The molecule has 1 atom stereocenters. The van der Waals surface area contributed by atoms with E-state index in [-0.39, 0.29) is 0 Å². The molecule has 4 heteroatoms. The Balaban J connectivity index is 2.04. The predicted octanol–water partition coefficient (Wildman–Crippen LogP) is 5.62. The number of benzene rings is 2. The van der Waals surface area contributed by atoms with Crippen molar-refractivity contribution < 1.29 is 9.84 Å². The monoisotopic (exact) mass is 388 g/mol. The molecule has 23 heavy (non-hydrogen) atoms. The molecule has 118 valence electrons. The van der Waals surface area contributed by atoms with Gasteiger partial charge in [0, 0.05) is 19.6 Å². The summed E-state index contributed by atoms with van der Waals surface area (Å²) in [5.41, 5.74) is 1.83. The standard InChI is InChI=1S/C19H17BrO2S/c1-3-8-22-16-9-12(2)15(20)11-14(16)19(21)18-10-13-6-4-5-7-17(13)23-18/h3-7,9-11,19,21H,1,8H2,2H3. The van der Waals surface area contributed by atoms with Crippen LogP contribution in [0, 0.1) is 6.92 Å². The second-order valence-electron chi connectivity index (χ2n) is 5.33. The average Bonchev–Trinajstić information content (AvgIpc) is 2.99. The van der Waals surface area contributed by atoms with Gasteiger partial charge >= 0.3 is 0 Å². The van der Waals surface area contributed by atoms with E-state index in [4.69, 9.17) is 4.74 Å². The fourth-order valence-corrected chi connectivity index (χ4v) is 3.88. The Labute approximate surface area is 148 Å². The number of halogens is 1. The molecular weight excluding hydrogens is 372 g/mol. The molecule has 0 bridgehead atoms. The normalized spacial score (nSPS) is 12.3. The minimum Gasteiger partial charge on any atom is -0.489 e. The van der Waals surface area contributed by atoms with Crippen LogP contribution >= 0.6 is 27.3 Å². The van der Waals surface area contributed by atoms with E-state index in [1.807, 2.05) is 37.3 Å². The molecule has 1 unspecified atom stereocenters. The maximum absolute atomic E-state index is 10.9. The molecule has 0 saturated heterocycles. The molecule has 0 aliphatic carbocycles. The molecule has 2 aromatic carbocycles. The number of aryl methyl sites for hydroxylation is 1. The number of ether oxygens (including phenoxy) is 1. The van der Waals surface area contributed by atoms with Gasteiger partial charge in [-0.25, -0.2) is 0 Å². The van der Waals surface area contributed by atoms with Gasteiger partial charge in [0.15, 0.2) is 0 Å². The van der Waals surface area contributed by atoms with Crippen molar-refractivity contribution in [2.24, 2.45) is 0 Å². The van der Waals surface area contributed by atoms with Gasteiger partial charge in [-0.3, -0.25) is 0 Å². The number of hydrogen-bond acceptors (Lipinski definition) is 3. The quantitative estimate of drug-likeness (QED) is 0.574. The van der Waals surface area contributed by atoms with Crippen LogP contribution in [0.3, 0.4) is 0 Å². The Morgan fingerprint density at radius 3 is 2.83 bits per heavy atom. The summed E-state index contributed by atoms with van der Waals surface area (Å²) in [4.78, 5) is 0.908. The summed E-state index contributed by atoms with van der Waals surface area (Å²) >= 11 is 5.14. The van der Waals surface area contributed by atoms with Crippen molar-refractivity contribution in [2.75, 3.05) is 6.61 Å². The Kier molecular flexibility index (Phi) is 4.85. The topological polar surface area (TPSA) is 29.5 Å². The lowest BCUT2D eigenvalue weighted by molar-refractivity contribution is 0.216. The second kappa shape index (κ2) is 6.87. The van der Waals surface area contributed by atoms with E-state index in [0.29, 0.717) is 12.4 Å². The van der Waals surface area contributed by atoms with Crippen LogP contribution in [0.1, 0.15) is 22.1 Å². The van der Waals surface area contributed by atoms with Crippen molar-refractivity contribution in [3.05, 3.63) is 75.6 Å². The van der Waals surface area contributed by atoms with E-state index in [1.54, 1.807) is 17.4 Å². The first-order valence-corrected chi connectivity index (χ1v) is 8.91. The largest absolute Gasteiger partial charge is 0.489 e. The SMILES string of the molecule is C=CCOc1cc(C)c(Br)cc1C(O)c1cc2ccccc2s1. The van der Waals surface area contributed by atoms with Crippen LogP contribution < -0.4 is 4.74 Å². The number of fused-ring (bicyclic) bond motifs is 1. The number of hydrogen-bond donors (Lipinski definition) is 1. The molecule has 0 saturated carbocycles. The maximum Gasteiger partial charge on any atom is 0.126 e. The first-order valence-electron chi connectivity index (χ1n) is 7.30. The molecule has 3 aromatic rings. The molecule has 0 amide bonds. The summed E-state index contributed by atoms with van der Waals surface area (Å²) in [6, 6.07) is 14.1. The van der Waals surface area contributed by atoms with Crippen molar-refractivity contribution >= 4 is 37.4 Å². The van der Waals surface area contributed by atoms with Crippen LogP contribution in [-0.4, -0.2) is 11.7 Å². The van der Waals surface area contributed by atoms with Crippen LogP contribution in [0.4, 0.5) is 0 Å². The van der Waals surface area contributed by atoms with Gasteiger partial charge in [0.2, 0.25) is 0 Å². The molecule has 0 aliphatic rings. The molecule has 0 aliphatic heterocycles. The number of thiophene rings is 1. The number of aliphatic hydroxyl groups is 1. The summed E-state index contributed by atoms with van der Waals surface area (Å²) in [5.74, 6) is 0.690. The van der Waals surface area contributed by atoms with Crippen molar-refractivity contribution in [3.8, 4) is 5.75 Å². The van der Waals surface area contributed by atoms with Gasteiger partial charge < -0.3 is 9.84 Å². The van der Waals surface area contributed by atoms with E-state index in [1.165, 1.54) is 4.70 Å². The maximum atomic E-state index is 10.9. The first-order chi connectivity index (χ1) is 11.1.